The first kappa shape index (κ1) is 15.0. The molecule has 0 aliphatic heterocycles. The first-order valence-electron chi connectivity index (χ1n) is 7.29. The van der Waals surface area contributed by atoms with Crippen LogP contribution in [0.4, 0.5) is 5.82 Å². The number of nitrogens with zero attached hydrogens (tertiary/aromatic N) is 3. The molecule has 0 aliphatic carbocycles. The molecule has 3 rings (SSSR count). The molecule has 23 heavy (non-hydrogen) atoms. The predicted octanol–water partition coefficient (Wildman–Crippen LogP) is 3.30. The summed E-state index contributed by atoms with van der Waals surface area (Å²) in [6.07, 6.45) is 5.26. The Morgan fingerprint density at radius 2 is 1.91 bits per heavy atom. The Morgan fingerprint density at radius 3 is 2.52 bits per heavy atom. The molecule has 6 nitrogen and oxygen atoms in total. The molecule has 0 spiro atoms. The van der Waals surface area contributed by atoms with Crippen molar-refractivity contribution >= 4 is 17.4 Å². The van der Waals surface area contributed by atoms with Crippen LogP contribution in [0.25, 0.3) is 16.9 Å². The number of nitrogens with one attached hydrogen (secondary N) is 1. The molecule has 0 amide bonds. The highest BCUT2D eigenvalue weighted by Crippen LogP contribution is 2.30. The summed E-state index contributed by atoms with van der Waals surface area (Å²) < 4.78 is 1.94. The summed E-state index contributed by atoms with van der Waals surface area (Å²) in [5, 5.41) is 12.5. The summed E-state index contributed by atoms with van der Waals surface area (Å²) >= 11 is 0. The van der Waals surface area contributed by atoms with Crippen LogP contribution < -0.4 is 5.32 Å². The number of rotatable bonds is 3. The van der Waals surface area contributed by atoms with E-state index < -0.39 is 5.97 Å². The number of hydrogen-bond donors (Lipinski definition) is 2. The summed E-state index contributed by atoms with van der Waals surface area (Å²) in [5.74, 6) is -0.0817. The Bertz CT molecular complexity index is 860. The molecule has 2 N–H and O–H groups in total. The van der Waals surface area contributed by atoms with Gasteiger partial charge in [0.2, 0.25) is 0 Å². The van der Waals surface area contributed by atoms with Crippen molar-refractivity contribution in [1.82, 2.24) is 14.4 Å². The number of aromatic carboxylic acids is 1. The second kappa shape index (κ2) is 5.39. The summed E-state index contributed by atoms with van der Waals surface area (Å²) in [6.45, 7) is 6.22. The summed E-state index contributed by atoms with van der Waals surface area (Å²) in [4.78, 5) is 19.7. The lowest BCUT2D eigenvalue weighted by atomic mass is 10.1. The average molecular weight is 310 g/mol. The van der Waals surface area contributed by atoms with Gasteiger partial charge in [-0.3, -0.25) is 9.38 Å². The van der Waals surface area contributed by atoms with Gasteiger partial charge in [-0.05, 0) is 32.9 Å². The third-order valence-electron chi connectivity index (χ3n) is 3.33. The van der Waals surface area contributed by atoms with E-state index >= 15 is 0 Å². The van der Waals surface area contributed by atoms with Crippen molar-refractivity contribution < 1.29 is 9.90 Å². The minimum atomic E-state index is -0.941. The molecule has 0 unspecified atom stereocenters. The van der Waals surface area contributed by atoms with Gasteiger partial charge in [0.1, 0.15) is 11.5 Å². The standard InChI is InChI=1S/C17H18N4O2/c1-17(2,3)20-15-14(19-13-10-18-8-9-21(13)15)11-4-6-12(7-5-11)16(22)23/h4-10,20H,1-3H3,(H,22,23). The summed E-state index contributed by atoms with van der Waals surface area (Å²) in [7, 11) is 0. The maximum absolute atomic E-state index is 11.0. The summed E-state index contributed by atoms with van der Waals surface area (Å²) in [6, 6.07) is 6.71. The molecule has 0 atom stereocenters. The molecule has 0 saturated carbocycles. The summed E-state index contributed by atoms with van der Waals surface area (Å²) in [5.41, 5.74) is 2.46. The molecular weight excluding hydrogens is 292 g/mol. The number of carboxylic acid groups (broad SMARTS) is 1. The van der Waals surface area contributed by atoms with Gasteiger partial charge in [0, 0.05) is 23.5 Å². The largest absolute Gasteiger partial charge is 0.478 e. The number of carboxylic acids is 1. The zero-order chi connectivity index (χ0) is 16.6. The predicted molar refractivity (Wildman–Crippen MR) is 88.8 cm³/mol. The normalized spacial score (nSPS) is 11.6. The van der Waals surface area contributed by atoms with E-state index in [1.807, 2.05) is 10.6 Å². The quantitative estimate of drug-likeness (QED) is 0.776. The van der Waals surface area contributed by atoms with Crippen LogP contribution in [0.3, 0.4) is 0 Å². The lowest BCUT2D eigenvalue weighted by molar-refractivity contribution is 0.0697. The minimum Gasteiger partial charge on any atom is -0.478 e. The first-order chi connectivity index (χ1) is 10.8. The van der Waals surface area contributed by atoms with Crippen molar-refractivity contribution in [1.29, 1.82) is 0 Å². The maximum Gasteiger partial charge on any atom is 0.335 e. The van der Waals surface area contributed by atoms with Crippen LogP contribution in [0.5, 0.6) is 0 Å². The van der Waals surface area contributed by atoms with Crippen LogP contribution in [0.1, 0.15) is 31.1 Å². The number of fused-ring (bicyclic) bond motifs is 1. The van der Waals surface area contributed by atoms with E-state index in [2.05, 4.69) is 36.1 Å². The Kier molecular flexibility index (Phi) is 3.52. The lowest BCUT2D eigenvalue weighted by Gasteiger charge is -2.22. The first-order valence-corrected chi connectivity index (χ1v) is 7.29. The van der Waals surface area contributed by atoms with Crippen molar-refractivity contribution in [2.24, 2.45) is 0 Å². The fraction of sp³-hybridized carbons (Fsp3) is 0.235. The van der Waals surface area contributed by atoms with E-state index in [0.717, 1.165) is 22.7 Å². The van der Waals surface area contributed by atoms with Gasteiger partial charge >= 0.3 is 5.97 Å². The van der Waals surface area contributed by atoms with Gasteiger partial charge in [0.25, 0.3) is 0 Å². The van der Waals surface area contributed by atoms with Gasteiger partial charge < -0.3 is 10.4 Å². The van der Waals surface area contributed by atoms with E-state index in [-0.39, 0.29) is 11.1 Å². The van der Waals surface area contributed by atoms with Gasteiger partial charge in [-0.25, -0.2) is 9.78 Å². The zero-order valence-corrected chi connectivity index (χ0v) is 13.2. The van der Waals surface area contributed by atoms with E-state index in [1.54, 1.807) is 36.7 Å². The Morgan fingerprint density at radius 1 is 1.22 bits per heavy atom. The van der Waals surface area contributed by atoms with Gasteiger partial charge in [-0.2, -0.15) is 0 Å². The molecule has 6 heteroatoms. The number of carbonyl (C=O) groups is 1. The monoisotopic (exact) mass is 310 g/mol. The minimum absolute atomic E-state index is 0.144. The fourth-order valence-electron chi connectivity index (χ4n) is 2.35. The second-order valence-electron chi connectivity index (χ2n) is 6.37. The Balaban J connectivity index is 2.15. The zero-order valence-electron chi connectivity index (χ0n) is 13.2. The SMILES string of the molecule is CC(C)(C)Nc1c(-c2ccc(C(=O)O)cc2)nc2cnccn12. The van der Waals surface area contributed by atoms with Crippen molar-refractivity contribution in [3.8, 4) is 11.3 Å². The van der Waals surface area contributed by atoms with Crippen LogP contribution in [0.2, 0.25) is 0 Å². The number of anilines is 1. The Hall–Kier alpha value is -2.89. The number of imidazole rings is 1. The maximum atomic E-state index is 11.0. The van der Waals surface area contributed by atoms with Crippen molar-refractivity contribution in [3.05, 3.63) is 48.4 Å². The van der Waals surface area contributed by atoms with Crippen LogP contribution in [-0.2, 0) is 0 Å². The number of aromatic nitrogens is 3. The average Bonchev–Trinajstić information content (AvgIpc) is 2.84. The van der Waals surface area contributed by atoms with Crippen LogP contribution >= 0.6 is 0 Å². The Labute approximate surface area is 133 Å². The van der Waals surface area contributed by atoms with E-state index in [4.69, 9.17) is 5.11 Å². The highest BCUT2D eigenvalue weighted by Gasteiger charge is 2.19. The molecule has 0 fully saturated rings. The van der Waals surface area contributed by atoms with Crippen molar-refractivity contribution in [2.45, 2.75) is 26.3 Å². The van der Waals surface area contributed by atoms with Crippen LogP contribution in [-0.4, -0.2) is 31.0 Å². The van der Waals surface area contributed by atoms with Gasteiger partial charge in [0.15, 0.2) is 5.65 Å². The molecular formula is C17H18N4O2. The topological polar surface area (TPSA) is 79.5 Å². The molecule has 118 valence electrons. The molecule has 2 aromatic heterocycles. The van der Waals surface area contributed by atoms with Gasteiger partial charge in [-0.15, -0.1) is 0 Å². The molecule has 3 aromatic rings. The lowest BCUT2D eigenvalue weighted by Crippen LogP contribution is -2.27. The van der Waals surface area contributed by atoms with E-state index in [9.17, 15) is 4.79 Å². The van der Waals surface area contributed by atoms with Crippen LogP contribution in [0.15, 0.2) is 42.9 Å². The van der Waals surface area contributed by atoms with Gasteiger partial charge in [0.05, 0.1) is 11.8 Å². The second-order valence-corrected chi connectivity index (χ2v) is 6.37. The molecule has 0 saturated heterocycles. The van der Waals surface area contributed by atoms with Gasteiger partial charge in [-0.1, -0.05) is 12.1 Å². The third-order valence-corrected chi connectivity index (χ3v) is 3.33. The van der Waals surface area contributed by atoms with Crippen molar-refractivity contribution in [2.75, 3.05) is 5.32 Å². The molecule has 0 bridgehead atoms. The number of benzene rings is 1. The highest BCUT2D eigenvalue weighted by atomic mass is 16.4. The van der Waals surface area contributed by atoms with E-state index in [0.29, 0.717) is 0 Å². The van der Waals surface area contributed by atoms with Crippen LogP contribution in [0, 0.1) is 0 Å². The molecule has 1 aromatic carbocycles. The highest BCUT2D eigenvalue weighted by molar-refractivity contribution is 5.88. The third kappa shape index (κ3) is 3.01. The number of hydrogen-bond acceptors (Lipinski definition) is 4. The molecule has 2 heterocycles. The van der Waals surface area contributed by atoms with Crippen molar-refractivity contribution in [3.63, 3.8) is 0 Å². The van der Waals surface area contributed by atoms with E-state index in [1.165, 1.54) is 0 Å². The molecule has 0 aliphatic rings. The fourth-order valence-corrected chi connectivity index (χ4v) is 2.35. The molecule has 0 radical (unpaired) electrons. The smallest absolute Gasteiger partial charge is 0.335 e.